The van der Waals surface area contributed by atoms with Gasteiger partial charge in [-0.25, -0.2) is 9.59 Å². The zero-order chi connectivity index (χ0) is 12.3. The second-order valence-corrected chi connectivity index (χ2v) is 4.13. The van der Waals surface area contributed by atoms with E-state index in [2.05, 4.69) is 9.73 Å². The Bertz CT molecular complexity index is 402. The van der Waals surface area contributed by atoms with Crippen LogP contribution in [0.1, 0.15) is 31.1 Å². The molecule has 0 aliphatic heterocycles. The number of carbonyl (C=O) groups excluding carboxylic acids is 1. The molecular formula is C10H13NO5. The largest absolute Gasteiger partial charge is 0.477 e. The molecular weight excluding hydrogens is 214 g/mol. The fourth-order valence-electron chi connectivity index (χ4n) is 0.973. The van der Waals surface area contributed by atoms with Crippen molar-refractivity contribution in [2.24, 2.45) is 0 Å². The molecule has 0 spiro atoms. The second-order valence-electron chi connectivity index (χ2n) is 4.13. The number of carbonyl (C=O) groups is 2. The van der Waals surface area contributed by atoms with Crippen LogP contribution in [0.3, 0.4) is 0 Å². The summed E-state index contributed by atoms with van der Waals surface area (Å²) < 4.78 is 9.65. The van der Waals surface area contributed by atoms with Crippen LogP contribution in [0.25, 0.3) is 0 Å². The van der Waals surface area contributed by atoms with Crippen LogP contribution in [0.2, 0.25) is 0 Å². The maximum Gasteiger partial charge on any atom is 0.412 e. The first kappa shape index (κ1) is 12.1. The molecule has 6 nitrogen and oxygen atoms in total. The molecule has 0 atom stereocenters. The standard InChI is InChI=1S/C10H13NO5/c1-10(2,3)16-9(14)11-7-5-15-4-6(7)8(12)13/h4-5H,1-3H3,(H,11,14)(H,12,13). The number of rotatable bonds is 2. The van der Waals surface area contributed by atoms with Crippen molar-refractivity contribution in [1.29, 1.82) is 0 Å². The number of carboxylic acid groups (broad SMARTS) is 1. The lowest BCUT2D eigenvalue weighted by Crippen LogP contribution is -2.27. The predicted octanol–water partition coefficient (Wildman–Crippen LogP) is 2.32. The Hall–Kier alpha value is -1.98. The summed E-state index contributed by atoms with van der Waals surface area (Å²) in [5.41, 5.74) is -0.690. The van der Waals surface area contributed by atoms with Crippen LogP contribution < -0.4 is 5.32 Å². The first-order valence-electron chi connectivity index (χ1n) is 4.59. The minimum atomic E-state index is -1.18. The van der Waals surface area contributed by atoms with Crippen LogP contribution in [-0.2, 0) is 4.74 Å². The highest BCUT2D eigenvalue weighted by atomic mass is 16.6. The Morgan fingerprint density at radius 2 is 2.00 bits per heavy atom. The second kappa shape index (κ2) is 4.26. The third-order valence-electron chi connectivity index (χ3n) is 1.53. The van der Waals surface area contributed by atoms with Gasteiger partial charge < -0.3 is 14.3 Å². The summed E-state index contributed by atoms with van der Waals surface area (Å²) in [6, 6.07) is 0. The molecule has 0 saturated heterocycles. The van der Waals surface area contributed by atoms with Crippen LogP contribution >= 0.6 is 0 Å². The highest BCUT2D eigenvalue weighted by Crippen LogP contribution is 2.18. The van der Waals surface area contributed by atoms with E-state index in [4.69, 9.17) is 9.84 Å². The fourth-order valence-corrected chi connectivity index (χ4v) is 0.973. The van der Waals surface area contributed by atoms with Gasteiger partial charge in [-0.2, -0.15) is 0 Å². The van der Waals surface area contributed by atoms with Crippen molar-refractivity contribution < 1.29 is 23.8 Å². The number of carboxylic acids is 1. The summed E-state index contributed by atoms with van der Waals surface area (Å²) in [5, 5.41) is 11.0. The Kier molecular flexibility index (Phi) is 3.22. The van der Waals surface area contributed by atoms with Crippen molar-refractivity contribution >= 4 is 17.7 Å². The average molecular weight is 227 g/mol. The lowest BCUT2D eigenvalue weighted by Gasteiger charge is -2.19. The summed E-state index contributed by atoms with van der Waals surface area (Å²) in [4.78, 5) is 22.0. The Morgan fingerprint density at radius 3 is 2.50 bits per heavy atom. The summed E-state index contributed by atoms with van der Waals surface area (Å²) in [6.07, 6.45) is 1.44. The molecule has 2 N–H and O–H groups in total. The molecule has 1 aromatic rings. The lowest BCUT2D eigenvalue weighted by atomic mass is 10.2. The number of hydrogen-bond acceptors (Lipinski definition) is 4. The molecule has 88 valence electrons. The monoisotopic (exact) mass is 227 g/mol. The Labute approximate surface area is 92.2 Å². The van der Waals surface area contributed by atoms with Gasteiger partial charge in [-0.05, 0) is 20.8 Å². The number of ether oxygens (including phenoxy) is 1. The maximum atomic E-state index is 11.3. The van der Waals surface area contributed by atoms with Gasteiger partial charge in [0.1, 0.15) is 23.7 Å². The SMILES string of the molecule is CC(C)(C)OC(=O)Nc1cocc1C(=O)O. The van der Waals surface area contributed by atoms with E-state index in [1.807, 2.05) is 0 Å². The van der Waals surface area contributed by atoms with Crippen LogP contribution in [0.15, 0.2) is 16.9 Å². The summed E-state index contributed by atoms with van der Waals surface area (Å²) in [6.45, 7) is 5.13. The van der Waals surface area contributed by atoms with Crippen LogP contribution in [0, 0.1) is 0 Å². The topological polar surface area (TPSA) is 88.8 Å². The predicted molar refractivity (Wildman–Crippen MR) is 55.5 cm³/mol. The number of amides is 1. The van der Waals surface area contributed by atoms with E-state index in [0.29, 0.717) is 0 Å². The molecule has 0 saturated carbocycles. The molecule has 0 bridgehead atoms. The van der Waals surface area contributed by atoms with Crippen molar-refractivity contribution in [3.8, 4) is 0 Å². The van der Waals surface area contributed by atoms with Gasteiger partial charge in [0.25, 0.3) is 0 Å². The number of anilines is 1. The molecule has 6 heteroatoms. The highest BCUT2D eigenvalue weighted by molar-refractivity contribution is 5.98. The van der Waals surface area contributed by atoms with Gasteiger partial charge in [-0.15, -0.1) is 0 Å². The van der Waals surface area contributed by atoms with Crippen molar-refractivity contribution in [2.45, 2.75) is 26.4 Å². The molecule has 1 aromatic heterocycles. The van der Waals surface area contributed by atoms with Crippen LogP contribution in [0.4, 0.5) is 10.5 Å². The third-order valence-corrected chi connectivity index (χ3v) is 1.53. The average Bonchev–Trinajstić information content (AvgIpc) is 2.47. The zero-order valence-corrected chi connectivity index (χ0v) is 9.23. The third kappa shape index (κ3) is 3.30. The summed E-state index contributed by atoms with van der Waals surface area (Å²) in [7, 11) is 0. The van der Waals surface area contributed by atoms with Gasteiger partial charge in [0, 0.05) is 0 Å². The van der Waals surface area contributed by atoms with E-state index in [-0.39, 0.29) is 11.3 Å². The fraction of sp³-hybridized carbons (Fsp3) is 0.400. The van der Waals surface area contributed by atoms with Gasteiger partial charge in [-0.1, -0.05) is 0 Å². The van der Waals surface area contributed by atoms with Gasteiger partial charge >= 0.3 is 12.1 Å². The van der Waals surface area contributed by atoms with E-state index in [9.17, 15) is 9.59 Å². The molecule has 1 heterocycles. The molecule has 0 aliphatic rings. The Balaban J connectivity index is 2.70. The molecule has 0 fully saturated rings. The molecule has 1 amide bonds. The quantitative estimate of drug-likeness (QED) is 0.809. The van der Waals surface area contributed by atoms with Gasteiger partial charge in [0.05, 0.1) is 5.69 Å². The van der Waals surface area contributed by atoms with E-state index < -0.39 is 17.7 Å². The zero-order valence-electron chi connectivity index (χ0n) is 9.23. The number of hydrogen-bond donors (Lipinski definition) is 2. The maximum absolute atomic E-state index is 11.3. The first-order valence-corrected chi connectivity index (χ1v) is 4.59. The molecule has 0 aromatic carbocycles. The summed E-state index contributed by atoms with van der Waals surface area (Å²) >= 11 is 0. The van der Waals surface area contributed by atoms with Crippen LogP contribution in [-0.4, -0.2) is 22.8 Å². The lowest BCUT2D eigenvalue weighted by molar-refractivity contribution is 0.0636. The molecule has 0 aliphatic carbocycles. The summed E-state index contributed by atoms with van der Waals surface area (Å²) in [5.74, 6) is -1.18. The van der Waals surface area contributed by atoms with E-state index in [0.717, 1.165) is 12.5 Å². The van der Waals surface area contributed by atoms with Crippen molar-refractivity contribution in [3.05, 3.63) is 18.1 Å². The number of aromatic carboxylic acids is 1. The van der Waals surface area contributed by atoms with Crippen molar-refractivity contribution in [3.63, 3.8) is 0 Å². The van der Waals surface area contributed by atoms with Gasteiger partial charge in [-0.3, -0.25) is 5.32 Å². The van der Waals surface area contributed by atoms with E-state index in [1.54, 1.807) is 20.8 Å². The van der Waals surface area contributed by atoms with E-state index >= 15 is 0 Å². The first-order chi connectivity index (χ1) is 7.29. The number of nitrogens with one attached hydrogen (secondary N) is 1. The van der Waals surface area contributed by atoms with Gasteiger partial charge in [0.15, 0.2) is 0 Å². The van der Waals surface area contributed by atoms with Crippen molar-refractivity contribution in [1.82, 2.24) is 0 Å². The smallest absolute Gasteiger partial charge is 0.412 e. The molecule has 0 radical (unpaired) electrons. The highest BCUT2D eigenvalue weighted by Gasteiger charge is 2.19. The minimum Gasteiger partial charge on any atom is -0.477 e. The minimum absolute atomic E-state index is 0.0711. The Morgan fingerprint density at radius 1 is 1.38 bits per heavy atom. The molecule has 1 rings (SSSR count). The van der Waals surface area contributed by atoms with E-state index in [1.165, 1.54) is 0 Å². The van der Waals surface area contributed by atoms with Crippen LogP contribution in [0.5, 0.6) is 0 Å². The molecule has 0 unspecified atom stereocenters. The molecule has 16 heavy (non-hydrogen) atoms. The number of furan rings is 1. The van der Waals surface area contributed by atoms with Gasteiger partial charge in [0.2, 0.25) is 0 Å². The normalized spacial score (nSPS) is 10.9. The van der Waals surface area contributed by atoms with Crippen molar-refractivity contribution in [2.75, 3.05) is 5.32 Å².